The Bertz CT molecular complexity index is 403. The van der Waals surface area contributed by atoms with Crippen LogP contribution in [-0.2, 0) is 14.3 Å². The highest BCUT2D eigenvalue weighted by atomic mass is 16.6. The third-order valence-corrected chi connectivity index (χ3v) is 3.68. The number of carbonyl (C=O) groups excluding carboxylic acids is 1. The Morgan fingerprint density at radius 3 is 2.38 bits per heavy atom. The summed E-state index contributed by atoms with van der Waals surface area (Å²) in [4.78, 5) is 25.0. The Hall–Kier alpha value is -1.34. The van der Waals surface area contributed by atoms with E-state index in [1.807, 2.05) is 0 Å². The molecule has 0 aromatic heterocycles. The molecule has 7 heteroatoms. The summed E-state index contributed by atoms with van der Waals surface area (Å²) in [6, 6.07) is -1.55. The highest BCUT2D eigenvalue weighted by Gasteiger charge is 2.46. The summed E-state index contributed by atoms with van der Waals surface area (Å²) >= 11 is 0. The number of hydrogen-bond acceptors (Lipinski definition) is 5. The average molecular weight is 302 g/mol. The number of carbonyl (C=O) groups is 2. The van der Waals surface area contributed by atoms with Crippen molar-refractivity contribution in [2.45, 2.75) is 52.3 Å². The molecule has 3 N–H and O–H groups in total. The van der Waals surface area contributed by atoms with Crippen LogP contribution in [-0.4, -0.2) is 59.5 Å². The van der Waals surface area contributed by atoms with Crippen molar-refractivity contribution in [3.05, 3.63) is 0 Å². The number of rotatable bonds is 3. The van der Waals surface area contributed by atoms with E-state index in [9.17, 15) is 9.59 Å². The molecule has 7 nitrogen and oxygen atoms in total. The Kier molecular flexibility index (Phi) is 5.22. The molecular weight excluding hydrogens is 276 g/mol. The van der Waals surface area contributed by atoms with Gasteiger partial charge in [0.05, 0.1) is 19.3 Å². The second-order valence-electron chi connectivity index (χ2n) is 6.90. The van der Waals surface area contributed by atoms with Gasteiger partial charge in [0.2, 0.25) is 0 Å². The van der Waals surface area contributed by atoms with Gasteiger partial charge in [-0.05, 0) is 20.8 Å². The minimum atomic E-state index is -1.10. The van der Waals surface area contributed by atoms with Crippen LogP contribution in [0.2, 0.25) is 0 Å². The molecule has 1 heterocycles. The molecule has 1 amide bonds. The summed E-state index contributed by atoms with van der Waals surface area (Å²) in [5.41, 5.74) is 4.32. The normalized spacial score (nSPS) is 21.8. The van der Waals surface area contributed by atoms with Crippen LogP contribution in [0.4, 0.5) is 4.79 Å². The van der Waals surface area contributed by atoms with Gasteiger partial charge in [-0.3, -0.25) is 9.69 Å². The number of amides is 1. The Morgan fingerprint density at radius 2 is 1.90 bits per heavy atom. The van der Waals surface area contributed by atoms with E-state index in [1.165, 1.54) is 4.90 Å². The van der Waals surface area contributed by atoms with Gasteiger partial charge in [0.15, 0.2) is 0 Å². The fourth-order valence-corrected chi connectivity index (χ4v) is 2.28. The van der Waals surface area contributed by atoms with Crippen LogP contribution >= 0.6 is 0 Å². The lowest BCUT2D eigenvalue weighted by Gasteiger charge is -2.46. The lowest BCUT2D eigenvalue weighted by molar-refractivity contribution is -0.144. The number of hydrogen-bond donors (Lipinski definition) is 2. The van der Waals surface area contributed by atoms with Crippen molar-refractivity contribution in [2.24, 2.45) is 11.1 Å². The van der Waals surface area contributed by atoms with Crippen LogP contribution in [0.5, 0.6) is 0 Å². The lowest BCUT2D eigenvalue weighted by Crippen LogP contribution is -2.62. The number of nitrogens with zero attached hydrogens (tertiary/aromatic N) is 1. The Balaban J connectivity index is 2.96. The predicted molar refractivity (Wildman–Crippen MR) is 76.9 cm³/mol. The standard InChI is InChI=1S/C14H26N2O5/c1-13(2,3)21-12(19)16-6-7-20-8-9(16)14(4,5)10(15)11(17)18/h9-10H,6-8,15H2,1-5H3,(H,17,18). The van der Waals surface area contributed by atoms with Crippen LogP contribution in [0.25, 0.3) is 0 Å². The Morgan fingerprint density at radius 1 is 1.33 bits per heavy atom. The van der Waals surface area contributed by atoms with Crippen molar-refractivity contribution in [2.75, 3.05) is 19.8 Å². The summed E-state index contributed by atoms with van der Waals surface area (Å²) in [7, 11) is 0. The topological polar surface area (TPSA) is 102 Å². The average Bonchev–Trinajstić information content (AvgIpc) is 2.35. The first-order valence-corrected chi connectivity index (χ1v) is 7.02. The van der Waals surface area contributed by atoms with Gasteiger partial charge < -0.3 is 20.3 Å². The number of aliphatic carboxylic acids is 1. The molecule has 0 spiro atoms. The summed E-state index contributed by atoms with van der Waals surface area (Å²) in [5, 5.41) is 9.16. The third kappa shape index (κ3) is 4.31. The SMILES string of the molecule is CC(C)(C)OC(=O)N1CCOCC1C(C)(C)C(N)C(=O)O. The quantitative estimate of drug-likeness (QED) is 0.808. The maximum Gasteiger partial charge on any atom is 0.410 e. The van der Waals surface area contributed by atoms with E-state index in [0.717, 1.165) is 0 Å². The van der Waals surface area contributed by atoms with Crippen molar-refractivity contribution in [1.82, 2.24) is 4.90 Å². The second-order valence-corrected chi connectivity index (χ2v) is 6.90. The second kappa shape index (κ2) is 6.19. The van der Waals surface area contributed by atoms with E-state index in [0.29, 0.717) is 13.2 Å². The molecule has 0 aromatic carbocycles. The zero-order valence-electron chi connectivity index (χ0n) is 13.4. The molecule has 1 rings (SSSR count). The van der Waals surface area contributed by atoms with E-state index in [4.69, 9.17) is 20.3 Å². The van der Waals surface area contributed by atoms with E-state index < -0.39 is 35.2 Å². The number of nitrogens with two attached hydrogens (primary N) is 1. The molecule has 1 aliphatic heterocycles. The molecule has 1 fully saturated rings. The van der Waals surface area contributed by atoms with E-state index in [2.05, 4.69) is 0 Å². The molecule has 21 heavy (non-hydrogen) atoms. The van der Waals surface area contributed by atoms with E-state index in [1.54, 1.807) is 34.6 Å². The largest absolute Gasteiger partial charge is 0.480 e. The number of morpholine rings is 1. The lowest BCUT2D eigenvalue weighted by atomic mass is 9.77. The zero-order chi connectivity index (χ0) is 16.4. The first-order chi connectivity index (χ1) is 9.47. The van der Waals surface area contributed by atoms with Crippen molar-refractivity contribution >= 4 is 12.1 Å². The van der Waals surface area contributed by atoms with Crippen molar-refractivity contribution < 1.29 is 24.2 Å². The molecule has 2 unspecified atom stereocenters. The third-order valence-electron chi connectivity index (χ3n) is 3.68. The van der Waals surface area contributed by atoms with Crippen molar-refractivity contribution in [3.8, 4) is 0 Å². The molecule has 1 aliphatic rings. The van der Waals surface area contributed by atoms with Gasteiger partial charge in [-0.15, -0.1) is 0 Å². The summed E-state index contributed by atoms with van der Waals surface area (Å²) in [5.74, 6) is -1.10. The molecule has 1 saturated heterocycles. The molecule has 0 bridgehead atoms. The maximum atomic E-state index is 12.3. The van der Waals surface area contributed by atoms with Crippen LogP contribution in [0.3, 0.4) is 0 Å². The molecule has 0 radical (unpaired) electrons. The van der Waals surface area contributed by atoms with Crippen LogP contribution < -0.4 is 5.73 Å². The molecule has 0 aliphatic carbocycles. The van der Waals surface area contributed by atoms with Gasteiger partial charge in [-0.1, -0.05) is 13.8 Å². The van der Waals surface area contributed by atoms with Gasteiger partial charge in [-0.25, -0.2) is 4.79 Å². The smallest absolute Gasteiger partial charge is 0.410 e. The Labute approximate surface area is 125 Å². The number of carboxylic acids is 1. The molecule has 2 atom stereocenters. The molecule has 0 saturated carbocycles. The fraction of sp³-hybridized carbons (Fsp3) is 0.857. The summed E-state index contributed by atoms with van der Waals surface area (Å²) < 4.78 is 10.8. The molecular formula is C14H26N2O5. The zero-order valence-corrected chi connectivity index (χ0v) is 13.4. The highest BCUT2D eigenvalue weighted by Crippen LogP contribution is 2.31. The minimum Gasteiger partial charge on any atom is -0.480 e. The molecule has 122 valence electrons. The minimum absolute atomic E-state index is 0.243. The van der Waals surface area contributed by atoms with E-state index in [-0.39, 0.29) is 6.61 Å². The monoisotopic (exact) mass is 302 g/mol. The maximum absolute atomic E-state index is 12.3. The van der Waals surface area contributed by atoms with Gasteiger partial charge in [0.1, 0.15) is 11.6 Å². The van der Waals surface area contributed by atoms with Gasteiger partial charge in [0.25, 0.3) is 0 Å². The van der Waals surface area contributed by atoms with Crippen molar-refractivity contribution in [1.29, 1.82) is 0 Å². The fourth-order valence-electron chi connectivity index (χ4n) is 2.28. The van der Waals surface area contributed by atoms with Gasteiger partial charge in [0, 0.05) is 12.0 Å². The molecule has 0 aromatic rings. The summed E-state index contributed by atoms with van der Waals surface area (Å²) in [6.45, 7) is 9.80. The first-order valence-electron chi connectivity index (χ1n) is 7.02. The van der Waals surface area contributed by atoms with Gasteiger partial charge in [-0.2, -0.15) is 0 Å². The van der Waals surface area contributed by atoms with Crippen molar-refractivity contribution in [3.63, 3.8) is 0 Å². The number of carboxylic acid groups (broad SMARTS) is 1. The van der Waals surface area contributed by atoms with Crippen LogP contribution in [0.15, 0.2) is 0 Å². The predicted octanol–water partition coefficient (Wildman–Crippen LogP) is 1.06. The van der Waals surface area contributed by atoms with Crippen LogP contribution in [0, 0.1) is 5.41 Å². The van der Waals surface area contributed by atoms with Crippen LogP contribution in [0.1, 0.15) is 34.6 Å². The van der Waals surface area contributed by atoms with Gasteiger partial charge >= 0.3 is 12.1 Å². The highest BCUT2D eigenvalue weighted by molar-refractivity contribution is 5.75. The first kappa shape index (κ1) is 17.7. The van der Waals surface area contributed by atoms with E-state index >= 15 is 0 Å². The number of ether oxygens (including phenoxy) is 2. The summed E-state index contributed by atoms with van der Waals surface area (Å²) in [6.07, 6.45) is -0.471.